The molecule has 3 atom stereocenters. The van der Waals surface area contributed by atoms with Crippen LogP contribution in [-0.4, -0.2) is 25.3 Å². The summed E-state index contributed by atoms with van der Waals surface area (Å²) in [6.07, 6.45) is 3.67. The Balaban J connectivity index is -0.0000000691. The fourth-order valence-electron chi connectivity index (χ4n) is 6.53. The maximum absolute atomic E-state index is 12.8. The van der Waals surface area contributed by atoms with Crippen LogP contribution in [0.2, 0.25) is 0 Å². The van der Waals surface area contributed by atoms with Crippen LogP contribution in [0.15, 0.2) is 91.0 Å². The first-order chi connectivity index (χ1) is 21.0. The first kappa shape index (κ1) is 95.1. The van der Waals surface area contributed by atoms with Crippen molar-refractivity contribution in [3.05, 3.63) is 108 Å². The van der Waals surface area contributed by atoms with Gasteiger partial charge in [0.25, 0.3) is 0 Å². The Labute approximate surface area is 382 Å². The van der Waals surface area contributed by atoms with E-state index in [0.29, 0.717) is 6.42 Å². The molecule has 3 aromatic rings. The number of hydrogen-bond acceptors (Lipinski definition) is 3. The standard InChI is InChI=1S/C34H44O2.2C2H6.CH4O.12CH4.I2/c1-8-32(4,27-18-12-9-13-19-27)25-34(6,29-22-16-11-17-23-29)26-33(5,28-20-14-10-15-21-28)24-31(2,3)30(35)36-7;3*1-2;;;;;;;;;;;;;1-2/h9-23H,8,24-26H2,1-7H3;2*1-2H3;2H,1H3;12*1H4;. The van der Waals surface area contributed by atoms with Crippen molar-refractivity contribution in [1.82, 2.24) is 0 Å². The van der Waals surface area contributed by atoms with Gasteiger partial charge < -0.3 is 9.84 Å². The van der Waals surface area contributed by atoms with Gasteiger partial charge in [-0.3, -0.25) is 4.79 Å². The minimum Gasteiger partial charge on any atom is -0.469 e. The number of rotatable bonds is 11. The summed E-state index contributed by atoms with van der Waals surface area (Å²) in [5.74, 6) is -0.159. The third-order valence-corrected chi connectivity index (χ3v) is 8.32. The highest BCUT2D eigenvalue weighted by Crippen LogP contribution is 2.51. The zero-order chi connectivity index (χ0) is 34.5. The van der Waals surface area contributed by atoms with Gasteiger partial charge in [0, 0.05) is 44.3 Å². The highest BCUT2D eigenvalue weighted by atomic mass is 128. The fraction of sp³-hybridized carbons (Fsp3) is 0.627. The first-order valence-corrected chi connectivity index (χ1v) is 22.1. The second-order valence-electron chi connectivity index (χ2n) is 12.0. The average molecular weight is 1020 g/mol. The summed E-state index contributed by atoms with van der Waals surface area (Å²) >= 11 is 4.24. The summed E-state index contributed by atoms with van der Waals surface area (Å²) in [7, 11) is 2.49. The second kappa shape index (κ2) is 49.7. The first-order valence-electron chi connectivity index (χ1n) is 15.8. The topological polar surface area (TPSA) is 46.5 Å². The molecule has 5 heteroatoms. The van der Waals surface area contributed by atoms with Crippen LogP contribution in [0.25, 0.3) is 0 Å². The van der Waals surface area contributed by atoms with Crippen LogP contribution in [0.5, 0.6) is 0 Å². The number of methoxy groups -OCH3 is 1. The van der Waals surface area contributed by atoms with Crippen LogP contribution < -0.4 is 0 Å². The van der Waals surface area contributed by atoms with E-state index in [1.807, 2.05) is 41.5 Å². The van der Waals surface area contributed by atoms with Crippen molar-refractivity contribution in [2.24, 2.45) is 5.41 Å². The highest BCUT2D eigenvalue weighted by molar-refractivity contribution is 15.0. The molecule has 56 heavy (non-hydrogen) atoms. The molecule has 0 aromatic heterocycles. The molecule has 0 spiro atoms. The van der Waals surface area contributed by atoms with Crippen molar-refractivity contribution < 1.29 is 14.6 Å². The lowest BCUT2D eigenvalue weighted by atomic mass is 9.57. The lowest BCUT2D eigenvalue weighted by molar-refractivity contribution is -0.152. The van der Waals surface area contributed by atoms with Gasteiger partial charge in [0.05, 0.1) is 12.5 Å². The SMILES string of the molecule is C.C.C.C.C.C.C.C.C.C.C.C.CC.CC.CCC(C)(CC(C)(CC(C)(CC(C)(C)C(=O)OC)c1ccccc1)c1ccccc1)c1ccccc1.CO.II. The number of carbonyl (C=O) groups excluding carboxylic acids is 1. The van der Waals surface area contributed by atoms with Crippen molar-refractivity contribution in [2.45, 2.75) is 200 Å². The molecule has 0 amide bonds. The van der Waals surface area contributed by atoms with Gasteiger partial charge in [-0.05, 0) is 72.5 Å². The largest absolute Gasteiger partial charge is 0.469 e. The van der Waals surface area contributed by atoms with Crippen molar-refractivity contribution in [3.8, 4) is 0 Å². The smallest absolute Gasteiger partial charge is 0.311 e. The number of ether oxygens (including phenoxy) is 1. The Morgan fingerprint density at radius 3 is 0.929 bits per heavy atom. The monoisotopic (exact) mass is 1020 g/mol. The van der Waals surface area contributed by atoms with Crippen molar-refractivity contribution in [2.75, 3.05) is 14.2 Å². The molecule has 0 aliphatic rings. The Morgan fingerprint density at radius 2 is 0.696 bits per heavy atom. The molecule has 0 saturated heterocycles. The molecule has 0 saturated carbocycles. The Kier molecular flexibility index (Phi) is 84.4. The molecule has 0 bridgehead atoms. The number of aliphatic hydroxyl groups is 1. The summed E-state index contributed by atoms with van der Waals surface area (Å²) in [5, 5.41) is 7.00. The van der Waals surface area contributed by atoms with Crippen LogP contribution in [0, 0.1) is 5.41 Å². The fourth-order valence-corrected chi connectivity index (χ4v) is 6.53. The summed E-state index contributed by atoms with van der Waals surface area (Å²) in [6.45, 7) is 21.5. The maximum atomic E-state index is 12.8. The molecule has 3 unspecified atom stereocenters. The van der Waals surface area contributed by atoms with E-state index in [-0.39, 0.29) is 111 Å². The minimum atomic E-state index is -0.607. The van der Waals surface area contributed by atoms with E-state index >= 15 is 0 Å². The highest BCUT2D eigenvalue weighted by Gasteiger charge is 2.46. The van der Waals surface area contributed by atoms with E-state index < -0.39 is 5.41 Å². The quantitative estimate of drug-likeness (QED) is 0.154. The molecule has 0 aliphatic carbocycles. The number of aliphatic hydroxyl groups excluding tert-OH is 1. The summed E-state index contributed by atoms with van der Waals surface area (Å²) in [4.78, 5) is 12.8. The molecule has 344 valence electrons. The van der Waals surface area contributed by atoms with E-state index in [4.69, 9.17) is 9.84 Å². The number of hydrogen-bond donors (Lipinski definition) is 1. The molecule has 0 fully saturated rings. The average Bonchev–Trinajstić information content (AvgIpc) is 3.08. The Bertz CT molecular complexity index is 1120. The number of benzene rings is 3. The molecular weight excluding hydrogens is 914 g/mol. The predicted octanol–water partition coefficient (Wildman–Crippen LogP) is 19.7. The van der Waals surface area contributed by atoms with Gasteiger partial charge in [-0.15, -0.1) is 0 Å². The van der Waals surface area contributed by atoms with Crippen LogP contribution in [0.4, 0.5) is 0 Å². The third kappa shape index (κ3) is 28.9. The lowest BCUT2D eigenvalue weighted by Crippen LogP contribution is -2.42. The Hall–Kier alpha value is -1.45. The summed E-state index contributed by atoms with van der Waals surface area (Å²) < 4.78 is 5.23. The van der Waals surface area contributed by atoms with Crippen molar-refractivity contribution >= 4 is 43.2 Å². The summed E-state index contributed by atoms with van der Waals surface area (Å²) in [6, 6.07) is 32.6. The van der Waals surface area contributed by atoms with Crippen LogP contribution in [0.1, 0.15) is 201 Å². The summed E-state index contributed by atoms with van der Waals surface area (Å²) in [5.41, 5.74) is 3.03. The molecule has 1 N–H and O–H groups in total. The zero-order valence-electron chi connectivity index (χ0n) is 29.5. The molecule has 0 heterocycles. The van der Waals surface area contributed by atoms with E-state index in [9.17, 15) is 4.79 Å². The lowest BCUT2D eigenvalue weighted by Gasteiger charge is -2.47. The van der Waals surface area contributed by atoms with E-state index in [1.165, 1.54) is 23.8 Å². The van der Waals surface area contributed by atoms with Crippen LogP contribution in [0.3, 0.4) is 0 Å². The van der Waals surface area contributed by atoms with Gasteiger partial charge in [-0.2, -0.15) is 0 Å². The molecule has 3 aromatic carbocycles. The maximum Gasteiger partial charge on any atom is 0.311 e. The second-order valence-corrected chi connectivity index (χ2v) is 12.0. The Morgan fingerprint density at radius 1 is 0.482 bits per heavy atom. The minimum absolute atomic E-state index is 0. The van der Waals surface area contributed by atoms with Crippen molar-refractivity contribution in [3.63, 3.8) is 0 Å². The van der Waals surface area contributed by atoms with Gasteiger partial charge in [-0.1, -0.05) is 236 Å². The molecular formula is C51H108I2O3. The number of esters is 1. The molecule has 0 radical (unpaired) electrons. The number of carbonyl (C=O) groups is 1. The van der Waals surface area contributed by atoms with E-state index in [0.717, 1.165) is 26.4 Å². The van der Waals surface area contributed by atoms with Gasteiger partial charge >= 0.3 is 5.97 Å². The molecule has 3 nitrogen and oxygen atoms in total. The normalized spacial score (nSPS) is 11.3. The van der Waals surface area contributed by atoms with E-state index in [1.54, 1.807) is 0 Å². The number of halogens is 2. The van der Waals surface area contributed by atoms with Gasteiger partial charge in [-0.25, -0.2) is 0 Å². The van der Waals surface area contributed by atoms with Gasteiger partial charge in [0.15, 0.2) is 0 Å². The molecule has 0 aliphatic heterocycles. The van der Waals surface area contributed by atoms with Gasteiger partial charge in [0.1, 0.15) is 0 Å². The van der Waals surface area contributed by atoms with Crippen LogP contribution >= 0.6 is 37.2 Å². The molecule has 3 rings (SSSR count). The third-order valence-electron chi connectivity index (χ3n) is 8.32. The predicted molar refractivity (Wildman–Crippen MR) is 291 cm³/mol. The van der Waals surface area contributed by atoms with E-state index in [2.05, 4.69) is 156 Å². The van der Waals surface area contributed by atoms with Crippen LogP contribution in [-0.2, 0) is 25.8 Å². The zero-order valence-corrected chi connectivity index (χ0v) is 33.8. The van der Waals surface area contributed by atoms with Crippen molar-refractivity contribution in [1.29, 1.82) is 0 Å². The van der Waals surface area contributed by atoms with Gasteiger partial charge in [0.2, 0.25) is 0 Å².